The molecule has 0 aliphatic heterocycles. The molecule has 3 heteroatoms. The van der Waals surface area contributed by atoms with Crippen molar-refractivity contribution in [2.24, 2.45) is 23.5 Å². The van der Waals surface area contributed by atoms with Crippen molar-refractivity contribution in [3.63, 3.8) is 0 Å². The predicted molar refractivity (Wildman–Crippen MR) is 78.5 cm³/mol. The molecular formula is C17H25N3. The Hall–Kier alpha value is -0.830. The highest BCUT2D eigenvalue weighted by Gasteiger charge is 2.53. The van der Waals surface area contributed by atoms with Crippen LogP contribution in [0.3, 0.4) is 0 Å². The first kappa shape index (κ1) is 11.8. The third kappa shape index (κ3) is 1.42. The summed E-state index contributed by atoms with van der Waals surface area (Å²) in [5.41, 5.74) is 9.42. The van der Waals surface area contributed by atoms with Crippen LogP contribution in [-0.2, 0) is 12.0 Å². The van der Waals surface area contributed by atoms with Gasteiger partial charge in [-0.3, -0.25) is 4.68 Å². The van der Waals surface area contributed by atoms with Crippen LogP contribution in [0.4, 0.5) is 0 Å². The summed E-state index contributed by atoms with van der Waals surface area (Å²) >= 11 is 0. The summed E-state index contributed by atoms with van der Waals surface area (Å²) in [6, 6.07) is 0. The normalized spacial score (nSPS) is 45.0. The van der Waals surface area contributed by atoms with Crippen LogP contribution in [0, 0.1) is 17.8 Å². The van der Waals surface area contributed by atoms with Crippen molar-refractivity contribution in [1.82, 2.24) is 9.78 Å². The van der Waals surface area contributed by atoms with Gasteiger partial charge in [0.1, 0.15) is 0 Å². The van der Waals surface area contributed by atoms with Crippen molar-refractivity contribution in [3.05, 3.63) is 17.5 Å². The first-order valence-corrected chi connectivity index (χ1v) is 8.55. The van der Waals surface area contributed by atoms with Gasteiger partial charge in [0.2, 0.25) is 0 Å². The van der Waals surface area contributed by atoms with Crippen LogP contribution in [0.5, 0.6) is 0 Å². The molecule has 0 amide bonds. The third-order valence-electron chi connectivity index (χ3n) is 6.77. The van der Waals surface area contributed by atoms with Crippen molar-refractivity contribution in [2.45, 2.75) is 62.8 Å². The molecule has 20 heavy (non-hydrogen) atoms. The molecule has 6 rings (SSSR count). The van der Waals surface area contributed by atoms with Crippen LogP contribution in [0.15, 0.2) is 6.20 Å². The van der Waals surface area contributed by atoms with Crippen LogP contribution in [0.25, 0.3) is 0 Å². The fourth-order valence-electron chi connectivity index (χ4n) is 6.42. The monoisotopic (exact) mass is 271 g/mol. The van der Waals surface area contributed by atoms with E-state index in [-0.39, 0.29) is 0 Å². The molecule has 0 radical (unpaired) electrons. The standard InChI is InChI=1S/C17H25N3/c18-9-14-1-2-15-10-19-20(16(14)15)17-6-11-3-12(7-17)5-13(4-11)8-17/h10-14H,1-9,18H2. The smallest absolute Gasteiger partial charge is 0.0639 e. The Kier molecular flexibility index (Phi) is 2.29. The molecule has 5 aliphatic rings. The van der Waals surface area contributed by atoms with E-state index in [0.717, 1.165) is 24.3 Å². The van der Waals surface area contributed by atoms with Gasteiger partial charge < -0.3 is 5.73 Å². The minimum absolute atomic E-state index is 0.375. The van der Waals surface area contributed by atoms with E-state index in [1.165, 1.54) is 62.6 Å². The second-order valence-electron chi connectivity index (χ2n) is 8.08. The largest absolute Gasteiger partial charge is 0.330 e. The highest BCUT2D eigenvalue weighted by molar-refractivity contribution is 5.30. The number of nitrogens with two attached hydrogens (primary N) is 1. The summed E-state index contributed by atoms with van der Waals surface area (Å²) in [4.78, 5) is 0. The van der Waals surface area contributed by atoms with Gasteiger partial charge in [-0.25, -0.2) is 0 Å². The molecule has 4 saturated carbocycles. The first-order chi connectivity index (χ1) is 9.77. The summed E-state index contributed by atoms with van der Waals surface area (Å²) in [7, 11) is 0. The average Bonchev–Trinajstić information content (AvgIpc) is 2.97. The van der Waals surface area contributed by atoms with E-state index in [9.17, 15) is 0 Å². The molecule has 1 heterocycles. The SMILES string of the molecule is NCC1CCc2cnn(C34CC5CC(CC(C5)C3)C4)c21. The Balaban J connectivity index is 1.61. The Morgan fingerprint density at radius 1 is 1.15 bits per heavy atom. The van der Waals surface area contributed by atoms with Gasteiger partial charge in [0.05, 0.1) is 11.7 Å². The predicted octanol–water partition coefficient (Wildman–Crippen LogP) is 2.80. The molecule has 108 valence electrons. The molecular weight excluding hydrogens is 246 g/mol. The second-order valence-corrected chi connectivity index (χ2v) is 8.08. The zero-order valence-electron chi connectivity index (χ0n) is 12.2. The van der Waals surface area contributed by atoms with Gasteiger partial charge in [-0.2, -0.15) is 5.10 Å². The van der Waals surface area contributed by atoms with Crippen molar-refractivity contribution in [1.29, 1.82) is 0 Å². The number of aryl methyl sites for hydroxylation is 1. The van der Waals surface area contributed by atoms with E-state index in [1.54, 1.807) is 0 Å². The van der Waals surface area contributed by atoms with E-state index in [0.29, 0.717) is 11.5 Å². The Morgan fingerprint density at radius 3 is 2.40 bits per heavy atom. The summed E-state index contributed by atoms with van der Waals surface area (Å²) in [5, 5.41) is 4.89. The lowest BCUT2D eigenvalue weighted by Crippen LogP contribution is -2.52. The highest BCUT2D eigenvalue weighted by Crippen LogP contribution is 2.59. The number of nitrogens with zero attached hydrogens (tertiary/aromatic N) is 2. The molecule has 1 unspecified atom stereocenters. The molecule has 0 aromatic carbocycles. The molecule has 1 aromatic heterocycles. The van der Waals surface area contributed by atoms with Crippen molar-refractivity contribution in [2.75, 3.05) is 6.54 Å². The van der Waals surface area contributed by atoms with Crippen LogP contribution in [-0.4, -0.2) is 16.3 Å². The van der Waals surface area contributed by atoms with Gasteiger partial charge in [0.15, 0.2) is 0 Å². The van der Waals surface area contributed by atoms with E-state index in [4.69, 9.17) is 10.8 Å². The minimum Gasteiger partial charge on any atom is -0.330 e. The Labute approximate surface area is 120 Å². The Bertz CT molecular complexity index is 509. The quantitative estimate of drug-likeness (QED) is 0.899. The Morgan fingerprint density at radius 2 is 1.80 bits per heavy atom. The van der Waals surface area contributed by atoms with E-state index in [1.807, 2.05) is 0 Å². The summed E-state index contributed by atoms with van der Waals surface area (Å²) in [6.45, 7) is 0.797. The number of aromatic nitrogens is 2. The lowest BCUT2D eigenvalue weighted by molar-refractivity contribution is -0.0510. The van der Waals surface area contributed by atoms with Crippen LogP contribution in [0.2, 0.25) is 0 Å². The van der Waals surface area contributed by atoms with Gasteiger partial charge in [0.25, 0.3) is 0 Å². The molecule has 0 spiro atoms. The molecule has 1 aromatic rings. The van der Waals surface area contributed by atoms with Crippen molar-refractivity contribution < 1.29 is 0 Å². The number of hydrogen-bond donors (Lipinski definition) is 1. The van der Waals surface area contributed by atoms with Gasteiger partial charge in [-0.05, 0) is 74.7 Å². The third-order valence-corrected chi connectivity index (χ3v) is 6.77. The zero-order valence-corrected chi connectivity index (χ0v) is 12.2. The van der Waals surface area contributed by atoms with Gasteiger partial charge in [-0.1, -0.05) is 0 Å². The van der Waals surface area contributed by atoms with Crippen LogP contribution >= 0.6 is 0 Å². The second kappa shape index (κ2) is 3.88. The molecule has 3 nitrogen and oxygen atoms in total. The lowest BCUT2D eigenvalue weighted by Gasteiger charge is -2.57. The molecule has 0 saturated heterocycles. The maximum atomic E-state index is 6.03. The molecule has 1 atom stereocenters. The minimum atomic E-state index is 0.375. The summed E-state index contributed by atoms with van der Waals surface area (Å²) < 4.78 is 2.50. The fraction of sp³-hybridized carbons (Fsp3) is 0.824. The van der Waals surface area contributed by atoms with E-state index < -0.39 is 0 Å². The van der Waals surface area contributed by atoms with E-state index >= 15 is 0 Å². The molecule has 5 aliphatic carbocycles. The average molecular weight is 271 g/mol. The maximum absolute atomic E-state index is 6.03. The zero-order chi connectivity index (χ0) is 13.3. The van der Waals surface area contributed by atoms with Gasteiger partial charge in [0, 0.05) is 18.2 Å². The molecule has 4 bridgehead atoms. The van der Waals surface area contributed by atoms with Crippen LogP contribution in [0.1, 0.15) is 62.1 Å². The van der Waals surface area contributed by atoms with Gasteiger partial charge >= 0.3 is 0 Å². The fourth-order valence-corrected chi connectivity index (χ4v) is 6.42. The number of hydrogen-bond acceptors (Lipinski definition) is 2. The molecule has 2 N–H and O–H groups in total. The van der Waals surface area contributed by atoms with Crippen molar-refractivity contribution in [3.8, 4) is 0 Å². The first-order valence-electron chi connectivity index (χ1n) is 8.55. The topological polar surface area (TPSA) is 43.8 Å². The summed E-state index contributed by atoms with van der Waals surface area (Å²) in [6.07, 6.45) is 13.3. The van der Waals surface area contributed by atoms with Crippen LogP contribution < -0.4 is 5.73 Å². The van der Waals surface area contributed by atoms with E-state index in [2.05, 4.69) is 10.9 Å². The van der Waals surface area contributed by atoms with Crippen molar-refractivity contribution >= 4 is 0 Å². The number of fused-ring (bicyclic) bond motifs is 1. The van der Waals surface area contributed by atoms with Gasteiger partial charge in [-0.15, -0.1) is 0 Å². The highest BCUT2D eigenvalue weighted by atomic mass is 15.3. The maximum Gasteiger partial charge on any atom is 0.0639 e. The number of rotatable bonds is 2. The lowest BCUT2D eigenvalue weighted by atomic mass is 9.53. The molecule has 4 fully saturated rings. The summed E-state index contributed by atoms with van der Waals surface area (Å²) in [5.74, 6) is 3.52.